The third-order valence-electron chi connectivity index (χ3n) is 2.38. The monoisotopic (exact) mass is 189 g/mol. The van der Waals surface area contributed by atoms with E-state index in [2.05, 4.69) is 16.4 Å². The lowest BCUT2D eigenvalue weighted by atomic mass is 9.93. The fourth-order valence-electron chi connectivity index (χ4n) is 1.57. The highest BCUT2D eigenvalue weighted by Crippen LogP contribution is 2.22. The van der Waals surface area contributed by atoms with Gasteiger partial charge in [-0.25, -0.2) is 0 Å². The number of aromatic nitrogens is 1. The Morgan fingerprint density at radius 2 is 2.14 bits per heavy atom. The summed E-state index contributed by atoms with van der Waals surface area (Å²) in [5.74, 6) is 0.0161. The zero-order valence-corrected chi connectivity index (χ0v) is 8.57. The van der Waals surface area contributed by atoms with Crippen LogP contribution in [0.1, 0.15) is 24.9 Å². The van der Waals surface area contributed by atoms with Crippen molar-refractivity contribution in [1.82, 2.24) is 10.3 Å². The van der Waals surface area contributed by atoms with E-state index in [4.69, 9.17) is 5.26 Å². The van der Waals surface area contributed by atoms with E-state index in [1.807, 2.05) is 26.1 Å². The molecule has 0 aliphatic rings. The molecule has 0 aliphatic heterocycles. The fourth-order valence-corrected chi connectivity index (χ4v) is 1.57. The van der Waals surface area contributed by atoms with Crippen LogP contribution >= 0.6 is 0 Å². The molecule has 74 valence electrons. The topological polar surface area (TPSA) is 48.7 Å². The summed E-state index contributed by atoms with van der Waals surface area (Å²) in [6.45, 7) is 2.03. The SMILES string of the molecule is CCC(C#N)C(NC)c1ccncc1. The van der Waals surface area contributed by atoms with Gasteiger partial charge in [-0.3, -0.25) is 4.98 Å². The predicted molar refractivity (Wildman–Crippen MR) is 55.4 cm³/mol. The Balaban J connectivity index is 2.88. The van der Waals surface area contributed by atoms with E-state index in [0.717, 1.165) is 12.0 Å². The van der Waals surface area contributed by atoms with E-state index < -0.39 is 0 Å². The molecule has 1 aromatic rings. The second-order valence-corrected chi connectivity index (χ2v) is 3.19. The number of hydrogen-bond donors (Lipinski definition) is 1. The first-order chi connectivity index (χ1) is 6.83. The molecular formula is C11H15N3. The van der Waals surface area contributed by atoms with Gasteiger partial charge in [0.25, 0.3) is 0 Å². The fraction of sp³-hybridized carbons (Fsp3) is 0.455. The van der Waals surface area contributed by atoms with E-state index >= 15 is 0 Å². The summed E-state index contributed by atoms with van der Waals surface area (Å²) < 4.78 is 0. The normalized spacial score (nSPS) is 14.4. The summed E-state index contributed by atoms with van der Waals surface area (Å²) in [6.07, 6.45) is 4.36. The van der Waals surface area contributed by atoms with Crippen LogP contribution in [0.3, 0.4) is 0 Å². The smallest absolute Gasteiger partial charge is 0.0675 e. The Kier molecular flexibility index (Phi) is 4.09. The van der Waals surface area contributed by atoms with Gasteiger partial charge in [0, 0.05) is 18.4 Å². The number of nitriles is 1. The van der Waals surface area contributed by atoms with Crippen LogP contribution in [-0.2, 0) is 0 Å². The maximum Gasteiger partial charge on any atom is 0.0675 e. The molecule has 0 radical (unpaired) electrons. The molecule has 3 nitrogen and oxygen atoms in total. The van der Waals surface area contributed by atoms with Crippen LogP contribution < -0.4 is 5.32 Å². The number of nitrogens with zero attached hydrogens (tertiary/aromatic N) is 2. The molecule has 0 saturated heterocycles. The van der Waals surface area contributed by atoms with Crippen LogP contribution in [0.5, 0.6) is 0 Å². The Labute approximate surface area is 84.8 Å². The second kappa shape index (κ2) is 5.36. The molecule has 14 heavy (non-hydrogen) atoms. The lowest BCUT2D eigenvalue weighted by Crippen LogP contribution is -2.23. The average Bonchev–Trinajstić information content (AvgIpc) is 2.27. The maximum atomic E-state index is 8.98. The molecule has 0 amide bonds. The third-order valence-corrected chi connectivity index (χ3v) is 2.38. The van der Waals surface area contributed by atoms with Crippen LogP contribution in [0.25, 0.3) is 0 Å². The van der Waals surface area contributed by atoms with Gasteiger partial charge in [-0.2, -0.15) is 5.26 Å². The van der Waals surface area contributed by atoms with Crippen LogP contribution in [0.2, 0.25) is 0 Å². The average molecular weight is 189 g/mol. The van der Waals surface area contributed by atoms with Gasteiger partial charge >= 0.3 is 0 Å². The summed E-state index contributed by atoms with van der Waals surface area (Å²) in [4.78, 5) is 3.96. The van der Waals surface area contributed by atoms with Gasteiger partial charge in [0.1, 0.15) is 0 Å². The van der Waals surface area contributed by atoms with Gasteiger partial charge in [0.15, 0.2) is 0 Å². The van der Waals surface area contributed by atoms with Crippen LogP contribution in [-0.4, -0.2) is 12.0 Å². The van der Waals surface area contributed by atoms with Crippen molar-refractivity contribution in [3.05, 3.63) is 30.1 Å². The van der Waals surface area contributed by atoms with Gasteiger partial charge in [0.05, 0.1) is 12.0 Å². The first-order valence-corrected chi connectivity index (χ1v) is 4.80. The molecule has 1 rings (SSSR count). The first-order valence-electron chi connectivity index (χ1n) is 4.80. The molecule has 2 unspecified atom stereocenters. The summed E-state index contributed by atoms with van der Waals surface area (Å²) in [5.41, 5.74) is 1.12. The maximum absolute atomic E-state index is 8.98. The van der Waals surface area contributed by atoms with Crippen molar-refractivity contribution in [1.29, 1.82) is 5.26 Å². The summed E-state index contributed by atoms with van der Waals surface area (Å²) in [7, 11) is 1.88. The van der Waals surface area contributed by atoms with Crippen molar-refractivity contribution < 1.29 is 0 Å². The highest BCUT2D eigenvalue weighted by molar-refractivity contribution is 5.18. The molecule has 1 heterocycles. The highest BCUT2D eigenvalue weighted by atomic mass is 14.9. The lowest BCUT2D eigenvalue weighted by Gasteiger charge is -2.20. The highest BCUT2D eigenvalue weighted by Gasteiger charge is 2.19. The van der Waals surface area contributed by atoms with Crippen molar-refractivity contribution in [2.75, 3.05) is 7.05 Å². The van der Waals surface area contributed by atoms with Crippen molar-refractivity contribution in [3.8, 4) is 6.07 Å². The minimum absolute atomic E-state index is 0.0161. The van der Waals surface area contributed by atoms with E-state index in [9.17, 15) is 0 Å². The Morgan fingerprint density at radius 3 is 2.57 bits per heavy atom. The Bertz CT molecular complexity index is 302. The summed E-state index contributed by atoms with van der Waals surface area (Å²) in [5, 5.41) is 12.2. The van der Waals surface area contributed by atoms with Crippen LogP contribution in [0.4, 0.5) is 0 Å². The van der Waals surface area contributed by atoms with Gasteiger partial charge < -0.3 is 5.32 Å². The number of rotatable bonds is 4. The van der Waals surface area contributed by atoms with Crippen molar-refractivity contribution >= 4 is 0 Å². The minimum atomic E-state index is 0.0161. The molecule has 0 bridgehead atoms. The Morgan fingerprint density at radius 1 is 1.50 bits per heavy atom. The van der Waals surface area contributed by atoms with Crippen LogP contribution in [0, 0.1) is 17.2 Å². The molecule has 0 saturated carbocycles. The van der Waals surface area contributed by atoms with Gasteiger partial charge in [-0.05, 0) is 31.2 Å². The molecule has 2 atom stereocenters. The van der Waals surface area contributed by atoms with Crippen molar-refractivity contribution in [3.63, 3.8) is 0 Å². The molecule has 1 N–H and O–H groups in total. The number of pyridine rings is 1. The largest absolute Gasteiger partial charge is 0.312 e. The lowest BCUT2D eigenvalue weighted by molar-refractivity contribution is 0.449. The zero-order chi connectivity index (χ0) is 10.4. The second-order valence-electron chi connectivity index (χ2n) is 3.19. The Hall–Kier alpha value is -1.40. The predicted octanol–water partition coefficient (Wildman–Crippen LogP) is 1.89. The minimum Gasteiger partial charge on any atom is -0.312 e. The van der Waals surface area contributed by atoms with E-state index in [1.165, 1.54) is 0 Å². The van der Waals surface area contributed by atoms with Gasteiger partial charge in [-0.15, -0.1) is 0 Å². The van der Waals surface area contributed by atoms with Crippen molar-refractivity contribution in [2.45, 2.75) is 19.4 Å². The van der Waals surface area contributed by atoms with Gasteiger partial charge in [-0.1, -0.05) is 6.92 Å². The molecule has 0 aromatic carbocycles. The van der Waals surface area contributed by atoms with Gasteiger partial charge in [0.2, 0.25) is 0 Å². The van der Waals surface area contributed by atoms with E-state index in [-0.39, 0.29) is 12.0 Å². The molecule has 0 fully saturated rings. The number of nitrogens with one attached hydrogen (secondary N) is 1. The number of hydrogen-bond acceptors (Lipinski definition) is 3. The molecule has 1 aromatic heterocycles. The zero-order valence-electron chi connectivity index (χ0n) is 8.57. The van der Waals surface area contributed by atoms with E-state index in [1.54, 1.807) is 12.4 Å². The third kappa shape index (κ3) is 2.30. The molecule has 0 aliphatic carbocycles. The standard InChI is InChI=1S/C11H15N3/c1-3-9(8-12)11(13-2)10-4-6-14-7-5-10/h4-7,9,11,13H,3H2,1-2H3. The molecule has 0 spiro atoms. The quantitative estimate of drug-likeness (QED) is 0.786. The van der Waals surface area contributed by atoms with Crippen molar-refractivity contribution in [2.24, 2.45) is 5.92 Å². The van der Waals surface area contributed by atoms with E-state index in [0.29, 0.717) is 0 Å². The molecule has 3 heteroatoms. The van der Waals surface area contributed by atoms with Crippen LogP contribution in [0.15, 0.2) is 24.5 Å². The summed E-state index contributed by atoms with van der Waals surface area (Å²) in [6, 6.07) is 6.31. The summed E-state index contributed by atoms with van der Waals surface area (Å²) >= 11 is 0. The first kappa shape index (κ1) is 10.7. The molecular weight excluding hydrogens is 174 g/mol.